The summed E-state index contributed by atoms with van der Waals surface area (Å²) < 4.78 is 1.91. The van der Waals surface area contributed by atoms with Crippen LogP contribution in [0, 0.1) is 12.3 Å². The van der Waals surface area contributed by atoms with Crippen LogP contribution >= 0.6 is 19.0 Å². The van der Waals surface area contributed by atoms with Gasteiger partial charge in [0.15, 0.2) is 18.1 Å². The fraction of sp³-hybridized carbons (Fsp3) is 0.0667. The highest BCUT2D eigenvalue weighted by atomic mass is 32.2. The van der Waals surface area contributed by atoms with E-state index in [0.717, 1.165) is 16.0 Å². The minimum Gasteiger partial charge on any atom is -0.282 e. The number of nitrogens with zero attached hydrogens (tertiary/aromatic N) is 2. The van der Waals surface area contributed by atoms with Gasteiger partial charge in [0.2, 0.25) is 0 Å². The molecule has 5 rings (SSSR count). The third kappa shape index (κ3) is 4.14. The summed E-state index contributed by atoms with van der Waals surface area (Å²) in [4.78, 5) is 4.93. The third-order valence-electron chi connectivity index (χ3n) is 6.23. The lowest BCUT2D eigenvalue weighted by molar-refractivity contribution is 0.865. The van der Waals surface area contributed by atoms with Crippen molar-refractivity contribution in [3.8, 4) is 5.69 Å². The second-order valence-corrected chi connectivity index (χ2v) is 12.5. The number of nitrogens with one attached hydrogen (secondary N) is 1. The van der Waals surface area contributed by atoms with E-state index in [2.05, 4.69) is 128 Å². The molecule has 1 aromatic heterocycles. The highest BCUT2D eigenvalue weighted by molar-refractivity contribution is 8.04. The van der Waals surface area contributed by atoms with E-state index in [1.807, 2.05) is 4.57 Å². The van der Waals surface area contributed by atoms with Gasteiger partial charge in [0.25, 0.3) is 0 Å². The number of hydrogen-bond acceptors (Lipinski definition) is 3. The summed E-state index contributed by atoms with van der Waals surface area (Å²) in [5.74, 6) is 0. The van der Waals surface area contributed by atoms with Crippen molar-refractivity contribution >= 4 is 40.2 Å². The van der Waals surface area contributed by atoms with Crippen LogP contribution in [-0.2, 0) is 0 Å². The van der Waals surface area contributed by atoms with Crippen molar-refractivity contribution < 1.29 is 0 Å². The predicted octanol–water partition coefficient (Wildman–Crippen LogP) is 5.00. The molecule has 0 aliphatic rings. The summed E-state index contributed by atoms with van der Waals surface area (Å²) in [5, 5.41) is 15.1. The number of benzene rings is 4. The van der Waals surface area contributed by atoms with Gasteiger partial charge in [0.1, 0.15) is 27.3 Å². The van der Waals surface area contributed by atoms with Gasteiger partial charge in [-0.2, -0.15) is 0 Å². The third-order valence-corrected chi connectivity index (χ3v) is 11.4. The van der Waals surface area contributed by atoms with Gasteiger partial charge < -0.3 is 0 Å². The molecule has 3 nitrogen and oxygen atoms in total. The summed E-state index contributed by atoms with van der Waals surface area (Å²) in [7, 11) is -2.45. The van der Waals surface area contributed by atoms with Crippen molar-refractivity contribution in [2.75, 3.05) is 6.26 Å². The van der Waals surface area contributed by atoms with Gasteiger partial charge in [-0.05, 0) is 61.7 Å². The molecule has 0 aliphatic carbocycles. The molecule has 5 aromatic rings. The second-order valence-electron chi connectivity index (χ2n) is 8.33. The number of aryl methyl sites for hydroxylation is 1. The van der Waals surface area contributed by atoms with E-state index in [-0.39, 0.29) is 0 Å². The average molecular weight is 493 g/mol. The van der Waals surface area contributed by atoms with E-state index >= 15 is 0 Å². The number of hydrogen-bond donors (Lipinski definition) is 1. The Balaban J connectivity index is 1.96. The molecular weight excluding hydrogens is 465 g/mol. The highest BCUT2D eigenvalue weighted by Gasteiger charge is 2.51. The molecule has 5 heteroatoms. The highest BCUT2D eigenvalue weighted by Crippen LogP contribution is 2.54. The fourth-order valence-corrected chi connectivity index (χ4v) is 10.0. The lowest BCUT2D eigenvalue weighted by Gasteiger charge is -2.29. The number of thioether (sulfide) groups is 1. The lowest BCUT2D eigenvalue weighted by Crippen LogP contribution is -2.48. The van der Waals surface area contributed by atoms with Crippen LogP contribution < -0.4 is 26.7 Å². The van der Waals surface area contributed by atoms with Crippen molar-refractivity contribution in [2.24, 2.45) is 0 Å². The molecule has 0 unspecified atom stereocenters. The first kappa shape index (κ1) is 23.3. The Bertz CT molecular complexity index is 1390. The molecule has 0 atom stereocenters. The molecule has 0 saturated carbocycles. The standard InChI is InChI=1S/C30H27N3PS/c1-23-18-20-24(21-19-23)33-22-32-30(35-2)28(29(33)31)34(25-12-6-3-7-13-25,26-14-8-4-9-15-26)27-16-10-5-11-17-27/h3-22,31H,1-2H3/q+1. The van der Waals surface area contributed by atoms with Gasteiger partial charge in [0.05, 0.1) is 0 Å². The van der Waals surface area contributed by atoms with Crippen LogP contribution in [0.15, 0.2) is 127 Å². The molecule has 172 valence electrons. The van der Waals surface area contributed by atoms with E-state index in [1.165, 1.54) is 21.5 Å². The van der Waals surface area contributed by atoms with Crippen LogP contribution in [0.1, 0.15) is 5.56 Å². The first-order valence-electron chi connectivity index (χ1n) is 11.5. The Kier molecular flexibility index (Phi) is 6.68. The molecule has 0 spiro atoms. The lowest BCUT2D eigenvalue weighted by atomic mass is 10.2. The van der Waals surface area contributed by atoms with E-state index in [9.17, 15) is 5.41 Å². The fourth-order valence-electron chi connectivity index (χ4n) is 4.59. The summed E-state index contributed by atoms with van der Waals surface area (Å²) in [6.07, 6.45) is 3.84. The SMILES string of the molecule is CSc1ncn(-c2ccc(C)cc2)c(=N)c1[P+](c1ccccc1)(c1ccccc1)c1ccccc1. The summed E-state index contributed by atoms with van der Waals surface area (Å²) in [6, 6.07) is 40.3. The molecule has 0 radical (unpaired) electrons. The second kappa shape index (κ2) is 10.0. The van der Waals surface area contributed by atoms with Gasteiger partial charge in [-0.25, -0.2) is 4.98 Å². The Morgan fingerprint density at radius 1 is 0.686 bits per heavy atom. The Hall–Kier alpha value is -3.46. The molecule has 0 bridgehead atoms. The van der Waals surface area contributed by atoms with Gasteiger partial charge in [-0.15, -0.1) is 11.8 Å². The molecule has 1 heterocycles. The zero-order chi connectivity index (χ0) is 24.3. The van der Waals surface area contributed by atoms with Crippen LogP contribution in [0.4, 0.5) is 0 Å². The maximum atomic E-state index is 9.62. The van der Waals surface area contributed by atoms with Crippen LogP contribution in [0.25, 0.3) is 5.69 Å². The first-order valence-corrected chi connectivity index (χ1v) is 14.5. The van der Waals surface area contributed by atoms with E-state index < -0.39 is 7.26 Å². The van der Waals surface area contributed by atoms with Gasteiger partial charge >= 0.3 is 0 Å². The molecule has 0 amide bonds. The van der Waals surface area contributed by atoms with Gasteiger partial charge in [-0.3, -0.25) is 9.98 Å². The smallest absolute Gasteiger partial charge is 0.184 e. The Labute approximate surface area is 211 Å². The van der Waals surface area contributed by atoms with Crippen LogP contribution in [0.5, 0.6) is 0 Å². The quantitative estimate of drug-likeness (QED) is 0.206. The molecule has 35 heavy (non-hydrogen) atoms. The van der Waals surface area contributed by atoms with E-state index in [0.29, 0.717) is 5.49 Å². The Morgan fingerprint density at radius 2 is 1.14 bits per heavy atom. The van der Waals surface area contributed by atoms with E-state index in [4.69, 9.17) is 4.98 Å². The zero-order valence-corrected chi connectivity index (χ0v) is 21.5. The van der Waals surface area contributed by atoms with Crippen LogP contribution in [0.2, 0.25) is 0 Å². The largest absolute Gasteiger partial charge is 0.282 e. The zero-order valence-electron chi connectivity index (χ0n) is 19.8. The normalized spacial score (nSPS) is 11.4. The molecule has 1 N–H and O–H groups in total. The molecule has 0 fully saturated rings. The van der Waals surface area contributed by atoms with Crippen molar-refractivity contribution in [1.29, 1.82) is 5.41 Å². The maximum absolute atomic E-state index is 9.62. The molecule has 0 aliphatic heterocycles. The average Bonchev–Trinajstić information content (AvgIpc) is 2.92. The number of aromatic nitrogens is 2. The minimum absolute atomic E-state index is 0.470. The summed E-state index contributed by atoms with van der Waals surface area (Å²) in [5.41, 5.74) is 2.60. The van der Waals surface area contributed by atoms with Crippen molar-refractivity contribution in [1.82, 2.24) is 9.55 Å². The van der Waals surface area contributed by atoms with Gasteiger partial charge in [0, 0.05) is 5.69 Å². The van der Waals surface area contributed by atoms with E-state index in [1.54, 1.807) is 18.1 Å². The van der Waals surface area contributed by atoms with Crippen LogP contribution in [-0.4, -0.2) is 15.8 Å². The monoisotopic (exact) mass is 492 g/mol. The summed E-state index contributed by atoms with van der Waals surface area (Å²) >= 11 is 1.61. The molecule has 4 aromatic carbocycles. The van der Waals surface area contributed by atoms with Crippen molar-refractivity contribution in [3.63, 3.8) is 0 Å². The molecule has 0 saturated heterocycles. The van der Waals surface area contributed by atoms with Crippen LogP contribution in [0.3, 0.4) is 0 Å². The first-order chi connectivity index (χ1) is 17.2. The maximum Gasteiger partial charge on any atom is 0.184 e. The van der Waals surface area contributed by atoms with Crippen molar-refractivity contribution in [2.45, 2.75) is 11.9 Å². The molecular formula is C30H27N3PS+. The van der Waals surface area contributed by atoms with Gasteiger partial charge in [-0.1, -0.05) is 72.3 Å². The minimum atomic E-state index is -2.45. The predicted molar refractivity (Wildman–Crippen MR) is 151 cm³/mol. The topological polar surface area (TPSA) is 41.7 Å². The van der Waals surface area contributed by atoms with Crippen molar-refractivity contribution in [3.05, 3.63) is 133 Å². The Morgan fingerprint density at radius 3 is 1.57 bits per heavy atom. The summed E-state index contributed by atoms with van der Waals surface area (Å²) in [6.45, 7) is 2.08. The number of rotatable bonds is 6.